The Hall–Kier alpha value is -0.140. The first-order valence-corrected chi connectivity index (χ1v) is 10.7. The van der Waals surface area contributed by atoms with Gasteiger partial charge in [0, 0.05) is 0 Å². The van der Waals surface area contributed by atoms with Crippen molar-refractivity contribution in [1.82, 2.24) is 5.32 Å². The Morgan fingerprint density at radius 1 is 0.957 bits per heavy atom. The molecular weight excluding hydrogens is 305 g/mol. The molecule has 1 fully saturated rings. The minimum atomic E-state index is -0.720. The summed E-state index contributed by atoms with van der Waals surface area (Å²) in [6.45, 7) is 3.14. The van der Waals surface area contributed by atoms with Crippen LogP contribution in [0.1, 0.15) is 96.8 Å². The van der Waals surface area contributed by atoms with Crippen LogP contribution in [0.2, 0.25) is 0 Å². The van der Waals surface area contributed by atoms with Gasteiger partial charge in [-0.25, -0.2) is 0 Å². The first-order valence-electron chi connectivity index (χ1n) is 9.88. The predicted molar refractivity (Wildman–Crippen MR) is 104 cm³/mol. The van der Waals surface area contributed by atoms with Crippen LogP contribution in [0.15, 0.2) is 0 Å². The van der Waals surface area contributed by atoms with E-state index in [0.29, 0.717) is 0 Å². The molecule has 0 aromatic heterocycles. The number of nitrogens with one attached hydrogen (secondary N) is 1. The van der Waals surface area contributed by atoms with Gasteiger partial charge in [-0.15, -0.1) is 9.24 Å². The molecule has 1 rings (SSSR count). The Morgan fingerprint density at radius 2 is 1.43 bits per heavy atom. The molecule has 1 unspecified atom stereocenters. The predicted octanol–water partition coefficient (Wildman–Crippen LogP) is 5.39. The average molecular weight is 346 g/mol. The molecule has 1 heterocycles. The maximum Gasteiger partial charge on any atom is 0.320 e. The summed E-state index contributed by atoms with van der Waals surface area (Å²) in [7, 11) is 2.81. The zero-order valence-electron chi connectivity index (χ0n) is 15.3. The van der Waals surface area contributed by atoms with Crippen molar-refractivity contribution in [3.8, 4) is 0 Å². The van der Waals surface area contributed by atoms with E-state index >= 15 is 0 Å². The maximum atomic E-state index is 10.1. The molecule has 2 N–H and O–H groups in total. The van der Waals surface area contributed by atoms with Crippen molar-refractivity contribution >= 4 is 15.2 Å². The minimum absolute atomic E-state index is 0.269. The highest BCUT2D eigenvalue weighted by Gasteiger charge is 2.20. The molecule has 4 heteroatoms. The summed E-state index contributed by atoms with van der Waals surface area (Å²) in [6, 6.07) is -0.269. The fraction of sp³-hybridized carbons (Fsp3) is 0.947. The number of aliphatic carboxylic acids is 1. The lowest BCUT2D eigenvalue weighted by atomic mass is 10.1. The third kappa shape index (κ3) is 16.5. The number of rotatable bonds is 13. The Morgan fingerprint density at radius 3 is 1.74 bits per heavy atom. The van der Waals surface area contributed by atoms with Gasteiger partial charge in [0.1, 0.15) is 6.04 Å². The smallest absolute Gasteiger partial charge is 0.320 e. The zero-order valence-corrected chi connectivity index (χ0v) is 16.5. The van der Waals surface area contributed by atoms with Crippen molar-refractivity contribution in [3.63, 3.8) is 0 Å². The molecule has 0 radical (unpaired) electrons. The summed E-state index contributed by atoms with van der Waals surface area (Å²) in [5.41, 5.74) is 0. The van der Waals surface area contributed by atoms with Crippen LogP contribution in [0, 0.1) is 0 Å². The van der Waals surface area contributed by atoms with Crippen LogP contribution in [0.5, 0.6) is 0 Å². The van der Waals surface area contributed by atoms with Crippen LogP contribution < -0.4 is 5.32 Å². The van der Waals surface area contributed by atoms with Gasteiger partial charge in [-0.1, -0.05) is 77.6 Å². The van der Waals surface area contributed by atoms with Crippen LogP contribution in [0.4, 0.5) is 0 Å². The second-order valence-electron chi connectivity index (χ2n) is 6.66. The van der Waals surface area contributed by atoms with Crippen LogP contribution in [0.3, 0.4) is 0 Å². The van der Waals surface area contributed by atoms with Gasteiger partial charge in [0.25, 0.3) is 0 Å². The van der Waals surface area contributed by atoms with Gasteiger partial charge in [-0.2, -0.15) is 0 Å². The van der Waals surface area contributed by atoms with Crippen molar-refractivity contribution in [1.29, 1.82) is 0 Å². The number of unbranched alkanes of at least 4 members (excludes halogenated alkanes) is 11. The van der Waals surface area contributed by atoms with E-state index in [1.165, 1.54) is 83.2 Å². The topological polar surface area (TPSA) is 49.3 Å². The largest absolute Gasteiger partial charge is 0.480 e. The fourth-order valence-corrected chi connectivity index (χ4v) is 3.17. The number of hydrogen-bond donors (Lipinski definition) is 2. The van der Waals surface area contributed by atoms with E-state index in [9.17, 15) is 4.79 Å². The molecule has 0 aromatic rings. The summed E-state index contributed by atoms with van der Waals surface area (Å²) < 4.78 is 0. The van der Waals surface area contributed by atoms with Gasteiger partial charge < -0.3 is 10.4 Å². The molecule has 0 amide bonds. The minimum Gasteiger partial charge on any atom is -0.480 e. The Bertz CT molecular complexity index is 244. The Kier molecular flexibility index (Phi) is 18.1. The molecular formula is C19H40NO2P. The quantitative estimate of drug-likeness (QED) is 0.348. The molecule has 1 aliphatic rings. The first kappa shape index (κ1) is 22.9. The van der Waals surface area contributed by atoms with Gasteiger partial charge in [0.15, 0.2) is 0 Å². The van der Waals surface area contributed by atoms with Crippen molar-refractivity contribution in [3.05, 3.63) is 0 Å². The number of carboxylic acid groups (broad SMARTS) is 1. The highest BCUT2D eigenvalue weighted by molar-refractivity contribution is 7.16. The molecule has 1 aliphatic heterocycles. The second kappa shape index (κ2) is 18.2. The standard InChI is InChI=1S/C14H31P.C5H9NO2/c1-2-3-4-5-6-7-8-9-10-11-12-13-14-15;7-5(8)4-2-1-3-6-4/h2-15H2,1H3;4,6H,1-3H2,(H,7,8)/t;4-/m.0/s1. The summed E-state index contributed by atoms with van der Waals surface area (Å²) in [5.74, 6) is -0.720. The molecule has 0 bridgehead atoms. The maximum absolute atomic E-state index is 10.1. The van der Waals surface area contributed by atoms with E-state index < -0.39 is 5.97 Å². The lowest BCUT2D eigenvalue weighted by Gasteiger charge is -2.01. The number of carboxylic acids is 1. The van der Waals surface area contributed by atoms with E-state index in [4.69, 9.17) is 5.11 Å². The summed E-state index contributed by atoms with van der Waals surface area (Å²) in [4.78, 5) is 10.1. The molecule has 23 heavy (non-hydrogen) atoms. The highest BCUT2D eigenvalue weighted by atomic mass is 31.0. The van der Waals surface area contributed by atoms with Crippen molar-refractivity contribution in [2.75, 3.05) is 12.7 Å². The molecule has 0 saturated carbocycles. The Balaban J connectivity index is 0.000000502. The van der Waals surface area contributed by atoms with E-state index in [1.54, 1.807) is 0 Å². The molecule has 0 aromatic carbocycles. The van der Waals surface area contributed by atoms with E-state index in [0.717, 1.165) is 19.4 Å². The molecule has 0 spiro atoms. The monoisotopic (exact) mass is 345 g/mol. The molecule has 2 atom stereocenters. The van der Waals surface area contributed by atoms with Crippen molar-refractivity contribution in [2.45, 2.75) is 103 Å². The molecule has 1 saturated heterocycles. The van der Waals surface area contributed by atoms with E-state index in [1.807, 2.05) is 0 Å². The van der Waals surface area contributed by atoms with Crippen LogP contribution in [0.25, 0.3) is 0 Å². The van der Waals surface area contributed by atoms with Gasteiger partial charge in [0.2, 0.25) is 0 Å². The van der Waals surface area contributed by atoms with E-state index in [-0.39, 0.29) is 6.04 Å². The van der Waals surface area contributed by atoms with Crippen LogP contribution in [-0.2, 0) is 4.79 Å². The highest BCUT2D eigenvalue weighted by Crippen LogP contribution is 2.12. The fourth-order valence-electron chi connectivity index (χ4n) is 2.88. The summed E-state index contributed by atoms with van der Waals surface area (Å²) in [5, 5.41) is 11.2. The zero-order chi connectivity index (χ0) is 17.2. The van der Waals surface area contributed by atoms with Gasteiger partial charge in [-0.3, -0.25) is 4.79 Å². The van der Waals surface area contributed by atoms with Gasteiger partial charge >= 0.3 is 5.97 Å². The molecule has 138 valence electrons. The normalized spacial score (nSPS) is 16.9. The Labute approximate surface area is 146 Å². The summed E-state index contributed by atoms with van der Waals surface area (Å²) >= 11 is 0. The average Bonchev–Trinajstić information content (AvgIpc) is 3.08. The van der Waals surface area contributed by atoms with Crippen LogP contribution in [-0.4, -0.2) is 29.8 Å². The summed E-state index contributed by atoms with van der Waals surface area (Å²) in [6.07, 6.45) is 20.5. The molecule has 0 aliphatic carbocycles. The number of hydrogen-bond acceptors (Lipinski definition) is 2. The van der Waals surface area contributed by atoms with Crippen molar-refractivity contribution < 1.29 is 9.90 Å². The lowest BCUT2D eigenvalue weighted by Crippen LogP contribution is -2.29. The third-order valence-electron chi connectivity index (χ3n) is 4.42. The van der Waals surface area contributed by atoms with Crippen molar-refractivity contribution in [2.24, 2.45) is 0 Å². The lowest BCUT2D eigenvalue weighted by molar-refractivity contribution is -0.139. The van der Waals surface area contributed by atoms with Gasteiger partial charge in [0.05, 0.1) is 0 Å². The first-order chi connectivity index (χ1) is 11.2. The van der Waals surface area contributed by atoms with Crippen LogP contribution >= 0.6 is 9.24 Å². The second-order valence-corrected chi connectivity index (χ2v) is 7.24. The number of carbonyl (C=O) groups is 1. The molecule has 3 nitrogen and oxygen atoms in total. The third-order valence-corrected chi connectivity index (χ3v) is 4.82. The van der Waals surface area contributed by atoms with Gasteiger partial charge in [-0.05, 0) is 32.0 Å². The SMILES string of the molecule is CCCCCCCCCCCCCCP.O=C(O)[C@@H]1CCCN1. The van der Waals surface area contributed by atoms with E-state index in [2.05, 4.69) is 21.5 Å².